The van der Waals surface area contributed by atoms with Crippen molar-refractivity contribution in [1.82, 2.24) is 0 Å². The first-order valence-electron chi connectivity index (χ1n) is 10.9. The molecule has 0 heterocycles. The predicted octanol–water partition coefficient (Wildman–Crippen LogP) is 5.18. The molecule has 3 rings (SSSR count). The zero-order valence-corrected chi connectivity index (χ0v) is 17.8. The highest BCUT2D eigenvalue weighted by atomic mass is 19.1. The lowest BCUT2D eigenvalue weighted by Gasteiger charge is -2.36. The summed E-state index contributed by atoms with van der Waals surface area (Å²) >= 11 is 0. The summed E-state index contributed by atoms with van der Waals surface area (Å²) in [6.07, 6.45) is 5.67. The van der Waals surface area contributed by atoms with Crippen LogP contribution in [-0.4, -0.2) is 24.6 Å². The van der Waals surface area contributed by atoms with Gasteiger partial charge < -0.3 is 9.47 Å². The van der Waals surface area contributed by atoms with Crippen molar-refractivity contribution in [3.8, 4) is 0 Å². The maximum atomic E-state index is 14.4. The van der Waals surface area contributed by atoms with E-state index in [9.17, 15) is 14.0 Å². The molecule has 1 aromatic rings. The Morgan fingerprint density at radius 1 is 1.17 bits per heavy atom. The van der Waals surface area contributed by atoms with Crippen LogP contribution in [0.15, 0.2) is 24.3 Å². The predicted molar refractivity (Wildman–Crippen MR) is 109 cm³/mol. The second-order valence-electron chi connectivity index (χ2n) is 9.20. The van der Waals surface area contributed by atoms with Gasteiger partial charge in [-0.1, -0.05) is 58.2 Å². The largest absolute Gasteiger partial charge is 0.460 e. The number of rotatable bonds is 6. The van der Waals surface area contributed by atoms with Gasteiger partial charge in [0.05, 0.1) is 5.41 Å². The Morgan fingerprint density at radius 2 is 1.86 bits per heavy atom. The fourth-order valence-corrected chi connectivity index (χ4v) is 5.13. The van der Waals surface area contributed by atoms with Gasteiger partial charge in [-0.25, -0.2) is 9.18 Å². The third kappa shape index (κ3) is 4.81. The van der Waals surface area contributed by atoms with E-state index in [2.05, 4.69) is 20.8 Å². The number of esters is 2. The lowest BCUT2D eigenvalue weighted by molar-refractivity contribution is -0.169. The fraction of sp³-hybridized carbons (Fsp3) is 0.667. The Bertz CT molecular complexity index is 723. The van der Waals surface area contributed by atoms with E-state index in [1.165, 1.54) is 6.07 Å². The third-order valence-electron chi connectivity index (χ3n) is 6.80. The van der Waals surface area contributed by atoms with Crippen molar-refractivity contribution < 1.29 is 23.5 Å². The second kappa shape index (κ2) is 9.27. The molecular formula is C24H33FO4. The minimum Gasteiger partial charge on any atom is -0.460 e. The molecule has 0 aromatic heterocycles. The van der Waals surface area contributed by atoms with Crippen LogP contribution in [0.5, 0.6) is 0 Å². The molecular weight excluding hydrogens is 371 g/mol. The summed E-state index contributed by atoms with van der Waals surface area (Å²) in [6, 6.07) is 6.36. The van der Waals surface area contributed by atoms with Crippen molar-refractivity contribution in [1.29, 1.82) is 0 Å². The molecule has 0 saturated heterocycles. The van der Waals surface area contributed by atoms with Gasteiger partial charge in [-0.3, -0.25) is 4.79 Å². The molecule has 2 fully saturated rings. The van der Waals surface area contributed by atoms with E-state index >= 15 is 0 Å². The first-order valence-corrected chi connectivity index (χ1v) is 10.9. The Morgan fingerprint density at radius 3 is 2.52 bits per heavy atom. The van der Waals surface area contributed by atoms with Gasteiger partial charge in [0.2, 0.25) is 0 Å². The molecule has 5 heteroatoms. The Kier molecular flexibility index (Phi) is 6.97. The van der Waals surface area contributed by atoms with Gasteiger partial charge in [-0.05, 0) is 49.5 Å². The Balaban J connectivity index is 1.63. The zero-order chi connectivity index (χ0) is 21.0. The fourth-order valence-electron chi connectivity index (χ4n) is 5.13. The molecule has 3 atom stereocenters. The normalized spacial score (nSPS) is 26.3. The maximum absolute atomic E-state index is 14.4. The van der Waals surface area contributed by atoms with Crippen LogP contribution in [-0.2, 0) is 24.5 Å². The average molecular weight is 405 g/mol. The second-order valence-corrected chi connectivity index (χ2v) is 9.20. The molecule has 160 valence electrons. The van der Waals surface area contributed by atoms with Crippen molar-refractivity contribution >= 4 is 11.9 Å². The van der Waals surface area contributed by atoms with E-state index in [-0.39, 0.29) is 6.10 Å². The molecule has 0 amide bonds. The average Bonchev–Trinajstić information content (AvgIpc) is 3.17. The molecule has 0 N–H and O–H groups in total. The van der Waals surface area contributed by atoms with Crippen LogP contribution < -0.4 is 0 Å². The van der Waals surface area contributed by atoms with Gasteiger partial charge in [-0.15, -0.1) is 0 Å². The van der Waals surface area contributed by atoms with Gasteiger partial charge in [0.15, 0.2) is 6.61 Å². The SMILES string of the molecule is CC1CCC(C(C)C)C(OC(=O)COC(=O)C2(c3ccccc3F)CCCC2)C1. The molecule has 1 aromatic carbocycles. The van der Waals surface area contributed by atoms with Crippen LogP contribution in [0.3, 0.4) is 0 Å². The van der Waals surface area contributed by atoms with E-state index in [0.717, 1.165) is 32.1 Å². The number of carbonyl (C=O) groups is 2. The van der Waals surface area contributed by atoms with Gasteiger partial charge in [0.1, 0.15) is 11.9 Å². The molecule has 2 saturated carbocycles. The number of ether oxygens (including phenoxy) is 2. The van der Waals surface area contributed by atoms with Crippen molar-refractivity contribution in [2.24, 2.45) is 17.8 Å². The number of carbonyl (C=O) groups excluding carboxylic acids is 2. The molecule has 2 aliphatic carbocycles. The smallest absolute Gasteiger partial charge is 0.344 e. The molecule has 4 nitrogen and oxygen atoms in total. The summed E-state index contributed by atoms with van der Waals surface area (Å²) < 4.78 is 25.5. The first-order chi connectivity index (χ1) is 13.8. The minimum absolute atomic E-state index is 0.128. The van der Waals surface area contributed by atoms with E-state index in [1.54, 1.807) is 18.2 Å². The highest BCUT2D eigenvalue weighted by Gasteiger charge is 2.46. The summed E-state index contributed by atoms with van der Waals surface area (Å²) in [5.41, 5.74) is -0.623. The van der Waals surface area contributed by atoms with Crippen LogP contribution >= 0.6 is 0 Å². The van der Waals surface area contributed by atoms with Gasteiger partial charge in [0, 0.05) is 5.56 Å². The quantitative estimate of drug-likeness (QED) is 0.613. The van der Waals surface area contributed by atoms with Crippen molar-refractivity contribution in [3.05, 3.63) is 35.6 Å². The molecule has 0 spiro atoms. The molecule has 0 radical (unpaired) electrons. The minimum atomic E-state index is -0.995. The summed E-state index contributed by atoms with van der Waals surface area (Å²) in [7, 11) is 0. The zero-order valence-electron chi connectivity index (χ0n) is 17.8. The maximum Gasteiger partial charge on any atom is 0.344 e. The summed E-state index contributed by atoms with van der Waals surface area (Å²) in [5, 5.41) is 0. The lowest BCUT2D eigenvalue weighted by atomic mass is 9.75. The monoisotopic (exact) mass is 404 g/mol. The van der Waals surface area contributed by atoms with Crippen molar-refractivity contribution in [2.45, 2.75) is 77.2 Å². The van der Waals surface area contributed by atoms with Gasteiger partial charge in [0.25, 0.3) is 0 Å². The topological polar surface area (TPSA) is 52.6 Å². The summed E-state index contributed by atoms with van der Waals surface area (Å²) in [4.78, 5) is 25.4. The summed E-state index contributed by atoms with van der Waals surface area (Å²) in [5.74, 6) is -0.131. The van der Waals surface area contributed by atoms with Crippen molar-refractivity contribution in [2.75, 3.05) is 6.61 Å². The van der Waals surface area contributed by atoms with E-state index < -0.39 is 29.8 Å². The van der Waals surface area contributed by atoms with E-state index in [0.29, 0.717) is 36.2 Å². The van der Waals surface area contributed by atoms with Crippen LogP contribution in [0.2, 0.25) is 0 Å². The van der Waals surface area contributed by atoms with Crippen molar-refractivity contribution in [3.63, 3.8) is 0 Å². The lowest BCUT2D eigenvalue weighted by Crippen LogP contribution is -2.39. The highest BCUT2D eigenvalue weighted by Crippen LogP contribution is 2.43. The Hall–Kier alpha value is -1.91. The van der Waals surface area contributed by atoms with E-state index in [1.807, 2.05) is 0 Å². The standard InChI is InChI=1S/C24H33FO4/c1-16(2)18-11-10-17(3)14-21(18)29-22(26)15-28-23(27)24(12-6-7-13-24)19-8-4-5-9-20(19)25/h4-5,8-9,16-18,21H,6-7,10-15H2,1-3H3. The van der Waals surface area contributed by atoms with Gasteiger partial charge in [-0.2, -0.15) is 0 Å². The third-order valence-corrected chi connectivity index (χ3v) is 6.80. The molecule has 3 unspecified atom stereocenters. The van der Waals surface area contributed by atoms with Crippen LogP contribution in [0.4, 0.5) is 4.39 Å². The van der Waals surface area contributed by atoms with Crippen LogP contribution in [0, 0.1) is 23.6 Å². The summed E-state index contributed by atoms with van der Waals surface area (Å²) in [6.45, 7) is 6.07. The first kappa shape index (κ1) is 21.8. The number of halogens is 1. The highest BCUT2D eigenvalue weighted by molar-refractivity contribution is 5.85. The van der Waals surface area contributed by atoms with E-state index in [4.69, 9.17) is 9.47 Å². The Labute approximate surface area is 173 Å². The number of benzene rings is 1. The molecule has 29 heavy (non-hydrogen) atoms. The van der Waals surface area contributed by atoms with Crippen LogP contribution in [0.25, 0.3) is 0 Å². The molecule has 0 bridgehead atoms. The number of hydrogen-bond acceptors (Lipinski definition) is 4. The number of hydrogen-bond donors (Lipinski definition) is 0. The van der Waals surface area contributed by atoms with Gasteiger partial charge >= 0.3 is 11.9 Å². The van der Waals surface area contributed by atoms with Crippen LogP contribution in [0.1, 0.15) is 71.3 Å². The molecule has 2 aliphatic rings. The molecule has 0 aliphatic heterocycles.